The lowest BCUT2D eigenvalue weighted by Crippen LogP contribution is -1.90. The fourth-order valence-corrected chi connectivity index (χ4v) is 2.87. The smallest absolute Gasteiger partial charge is 0.159 e. The van der Waals surface area contributed by atoms with Crippen LogP contribution in [-0.4, -0.2) is 10.2 Å². The Balaban J connectivity index is 2.06. The molecule has 0 spiro atoms. The van der Waals surface area contributed by atoms with E-state index in [1.54, 1.807) is 0 Å². The summed E-state index contributed by atoms with van der Waals surface area (Å²) in [6, 6.07) is 11.1. The summed E-state index contributed by atoms with van der Waals surface area (Å²) in [5.41, 5.74) is 0. The van der Waals surface area contributed by atoms with Gasteiger partial charge in [0.15, 0.2) is 16.8 Å². The molecule has 2 nitrogen and oxygen atoms in total. The van der Waals surface area contributed by atoms with Crippen LogP contribution in [0.15, 0.2) is 52.4 Å². The molecule has 0 bridgehead atoms. The fourth-order valence-electron chi connectivity index (χ4n) is 1.77. The van der Waals surface area contributed by atoms with E-state index in [2.05, 4.69) is 10.2 Å². The van der Waals surface area contributed by atoms with Gasteiger partial charge in [-0.25, -0.2) is 8.78 Å². The highest BCUT2D eigenvalue weighted by Crippen LogP contribution is 2.33. The number of rotatable bonds is 2. The molecule has 0 atom stereocenters. The monoisotopic (exact) mass is 308 g/mol. The van der Waals surface area contributed by atoms with E-state index in [1.807, 2.05) is 24.3 Å². The molecule has 0 unspecified atom stereocenters. The van der Waals surface area contributed by atoms with Gasteiger partial charge in [-0.15, -0.1) is 10.2 Å². The minimum Gasteiger partial charge on any atom is -0.204 e. The van der Waals surface area contributed by atoms with Crippen LogP contribution in [0, 0.1) is 11.6 Å². The van der Waals surface area contributed by atoms with Crippen molar-refractivity contribution in [3.63, 3.8) is 0 Å². The average Bonchev–Trinajstić information content (AvgIpc) is 2.46. The molecule has 0 saturated carbocycles. The number of nitrogens with zero attached hydrogens (tertiary/aromatic N) is 2. The van der Waals surface area contributed by atoms with Crippen molar-refractivity contribution in [3.05, 3.63) is 59.3 Å². The maximum atomic E-state index is 13.2. The third-order valence-corrected chi connectivity index (χ3v) is 3.98. The summed E-state index contributed by atoms with van der Waals surface area (Å²) in [5, 5.41) is 10.4. The predicted octanol–water partition coefficient (Wildman–Crippen LogP) is 4.71. The maximum absolute atomic E-state index is 13.2. The molecule has 1 heterocycles. The largest absolute Gasteiger partial charge is 0.204 e. The molecule has 6 heteroatoms. The van der Waals surface area contributed by atoms with Crippen LogP contribution in [-0.2, 0) is 0 Å². The molecule has 0 aliphatic rings. The van der Waals surface area contributed by atoms with Crippen molar-refractivity contribution in [1.82, 2.24) is 10.2 Å². The van der Waals surface area contributed by atoms with Gasteiger partial charge < -0.3 is 0 Å². The molecule has 0 N–H and O–H groups in total. The Morgan fingerprint density at radius 3 is 2.40 bits per heavy atom. The van der Waals surface area contributed by atoms with Gasteiger partial charge in [0.25, 0.3) is 0 Å². The van der Waals surface area contributed by atoms with Crippen LogP contribution in [0.25, 0.3) is 10.8 Å². The van der Waals surface area contributed by atoms with E-state index >= 15 is 0 Å². The van der Waals surface area contributed by atoms with Crippen LogP contribution in [0.3, 0.4) is 0 Å². The van der Waals surface area contributed by atoms with Gasteiger partial charge in [-0.05, 0) is 18.2 Å². The van der Waals surface area contributed by atoms with E-state index in [1.165, 1.54) is 17.8 Å². The van der Waals surface area contributed by atoms with E-state index < -0.39 is 11.6 Å². The van der Waals surface area contributed by atoms with Gasteiger partial charge in [0.1, 0.15) is 5.03 Å². The highest BCUT2D eigenvalue weighted by atomic mass is 35.5. The third-order valence-electron chi connectivity index (χ3n) is 2.71. The lowest BCUT2D eigenvalue weighted by atomic mass is 10.2. The van der Waals surface area contributed by atoms with E-state index in [0.29, 0.717) is 15.1 Å². The van der Waals surface area contributed by atoms with Crippen molar-refractivity contribution < 1.29 is 8.78 Å². The van der Waals surface area contributed by atoms with Gasteiger partial charge >= 0.3 is 0 Å². The molecule has 3 rings (SSSR count). The zero-order chi connectivity index (χ0) is 14.1. The summed E-state index contributed by atoms with van der Waals surface area (Å²) in [4.78, 5) is 0.547. The molecule has 100 valence electrons. The number of benzene rings is 2. The summed E-state index contributed by atoms with van der Waals surface area (Å²) >= 11 is 7.20. The van der Waals surface area contributed by atoms with Crippen molar-refractivity contribution in [2.75, 3.05) is 0 Å². The van der Waals surface area contributed by atoms with Crippen LogP contribution in [0.4, 0.5) is 8.78 Å². The summed E-state index contributed by atoms with van der Waals surface area (Å²) < 4.78 is 26.1. The molecular weight excluding hydrogens is 302 g/mol. The van der Waals surface area contributed by atoms with Crippen molar-refractivity contribution in [1.29, 1.82) is 0 Å². The Hall–Kier alpha value is -1.72. The molecule has 20 heavy (non-hydrogen) atoms. The van der Waals surface area contributed by atoms with E-state index in [4.69, 9.17) is 11.6 Å². The zero-order valence-electron chi connectivity index (χ0n) is 9.98. The summed E-state index contributed by atoms with van der Waals surface area (Å²) in [6.45, 7) is 0. The van der Waals surface area contributed by atoms with Gasteiger partial charge in [0.2, 0.25) is 0 Å². The van der Waals surface area contributed by atoms with Crippen molar-refractivity contribution in [3.8, 4) is 0 Å². The number of halogens is 3. The topological polar surface area (TPSA) is 25.8 Å². The first kappa shape index (κ1) is 13.3. The van der Waals surface area contributed by atoms with E-state index in [0.717, 1.165) is 22.9 Å². The molecule has 1 aromatic heterocycles. The van der Waals surface area contributed by atoms with Crippen LogP contribution < -0.4 is 0 Å². The van der Waals surface area contributed by atoms with Gasteiger partial charge in [-0.1, -0.05) is 47.6 Å². The van der Waals surface area contributed by atoms with Crippen LogP contribution in [0.2, 0.25) is 5.15 Å². The van der Waals surface area contributed by atoms with Crippen LogP contribution in [0.1, 0.15) is 0 Å². The average molecular weight is 309 g/mol. The normalized spacial score (nSPS) is 10.9. The van der Waals surface area contributed by atoms with Crippen molar-refractivity contribution in [2.24, 2.45) is 0 Å². The molecular formula is C14H7ClF2N2S. The van der Waals surface area contributed by atoms with Gasteiger partial charge in [0, 0.05) is 15.7 Å². The second kappa shape index (κ2) is 5.34. The summed E-state index contributed by atoms with van der Waals surface area (Å²) in [5.74, 6) is -1.76. The Bertz CT molecular complexity index is 795. The lowest BCUT2D eigenvalue weighted by Gasteiger charge is -2.05. The molecule has 0 radical (unpaired) electrons. The fraction of sp³-hybridized carbons (Fsp3) is 0. The number of hydrogen-bond acceptors (Lipinski definition) is 3. The highest BCUT2D eigenvalue weighted by Gasteiger charge is 2.10. The maximum Gasteiger partial charge on any atom is 0.159 e. The lowest BCUT2D eigenvalue weighted by molar-refractivity contribution is 0.506. The minimum absolute atomic E-state index is 0.315. The Labute approximate surface area is 122 Å². The van der Waals surface area contributed by atoms with Gasteiger partial charge in [-0.3, -0.25) is 0 Å². The van der Waals surface area contributed by atoms with Crippen LogP contribution >= 0.6 is 23.4 Å². The number of hydrogen-bond donors (Lipinski definition) is 0. The Kier molecular flexibility index (Phi) is 3.54. The SMILES string of the molecule is Fc1ccc(Sc2nnc(Cl)c3ccccc23)cc1F. The first-order valence-electron chi connectivity index (χ1n) is 5.69. The number of aromatic nitrogens is 2. The van der Waals surface area contributed by atoms with Crippen LogP contribution in [0.5, 0.6) is 0 Å². The van der Waals surface area contributed by atoms with E-state index in [-0.39, 0.29) is 0 Å². The highest BCUT2D eigenvalue weighted by molar-refractivity contribution is 7.99. The third kappa shape index (κ3) is 2.46. The van der Waals surface area contributed by atoms with Gasteiger partial charge in [0.05, 0.1) is 0 Å². The molecule has 2 aromatic carbocycles. The van der Waals surface area contributed by atoms with E-state index in [9.17, 15) is 8.78 Å². The van der Waals surface area contributed by atoms with Gasteiger partial charge in [-0.2, -0.15) is 0 Å². The first-order valence-corrected chi connectivity index (χ1v) is 6.88. The number of fused-ring (bicyclic) bond motifs is 1. The molecule has 0 fully saturated rings. The Morgan fingerprint density at radius 2 is 1.65 bits per heavy atom. The Morgan fingerprint density at radius 1 is 0.900 bits per heavy atom. The molecule has 0 aliphatic heterocycles. The zero-order valence-corrected chi connectivity index (χ0v) is 11.6. The standard InChI is InChI=1S/C14H7ClF2N2S/c15-13-9-3-1-2-4-10(9)14(19-18-13)20-8-5-6-11(16)12(17)7-8/h1-7H. The summed E-state index contributed by atoms with van der Waals surface area (Å²) in [7, 11) is 0. The van der Waals surface area contributed by atoms with Crippen molar-refractivity contribution in [2.45, 2.75) is 9.92 Å². The second-order valence-electron chi connectivity index (χ2n) is 4.02. The molecule has 0 saturated heterocycles. The molecule has 0 amide bonds. The minimum atomic E-state index is -0.888. The molecule has 3 aromatic rings. The summed E-state index contributed by atoms with van der Waals surface area (Å²) in [6.07, 6.45) is 0. The van der Waals surface area contributed by atoms with Crippen molar-refractivity contribution >= 4 is 34.1 Å². The molecule has 0 aliphatic carbocycles. The second-order valence-corrected chi connectivity index (χ2v) is 5.44. The predicted molar refractivity (Wildman–Crippen MR) is 75.0 cm³/mol. The quantitative estimate of drug-likeness (QED) is 0.685. The first-order chi connectivity index (χ1) is 9.65.